The first-order valence-corrected chi connectivity index (χ1v) is 5.34. The second kappa shape index (κ2) is 5.44. The van der Waals surface area contributed by atoms with Gasteiger partial charge in [0.05, 0.1) is 10.7 Å². The Bertz CT molecular complexity index is 302. The van der Waals surface area contributed by atoms with Gasteiger partial charge in [0.25, 0.3) is 0 Å². The predicted octanol–water partition coefficient (Wildman–Crippen LogP) is 2.78. The molecule has 1 aromatic rings. The molecule has 0 radical (unpaired) electrons. The maximum absolute atomic E-state index is 6.07. The summed E-state index contributed by atoms with van der Waals surface area (Å²) in [7, 11) is 0. The minimum atomic E-state index is 0.618. The Labute approximate surface area is 94.6 Å². The Morgan fingerprint density at radius 2 is 2.07 bits per heavy atom. The molecule has 0 spiro atoms. The van der Waals surface area contributed by atoms with Crippen molar-refractivity contribution >= 4 is 28.9 Å². The van der Waals surface area contributed by atoms with Crippen LogP contribution >= 0.6 is 23.2 Å². The van der Waals surface area contributed by atoms with Gasteiger partial charge in [0.1, 0.15) is 0 Å². The van der Waals surface area contributed by atoms with Crippen LogP contribution in [0.2, 0.25) is 10.0 Å². The predicted molar refractivity (Wildman–Crippen MR) is 63.4 cm³/mol. The number of anilines is 1. The fraction of sp³-hybridized carbons (Fsp3) is 0.400. The van der Waals surface area contributed by atoms with Crippen molar-refractivity contribution in [3.63, 3.8) is 0 Å². The zero-order valence-corrected chi connectivity index (χ0v) is 9.65. The average molecular weight is 233 g/mol. The molecule has 0 fully saturated rings. The zero-order chi connectivity index (χ0) is 10.6. The van der Waals surface area contributed by atoms with Gasteiger partial charge in [0.2, 0.25) is 0 Å². The van der Waals surface area contributed by atoms with E-state index in [0.29, 0.717) is 16.6 Å². The molecule has 0 aromatic heterocycles. The van der Waals surface area contributed by atoms with E-state index in [-0.39, 0.29) is 0 Å². The molecule has 78 valence electrons. The summed E-state index contributed by atoms with van der Waals surface area (Å²) in [5.41, 5.74) is 6.50. The van der Waals surface area contributed by atoms with Crippen LogP contribution in [0.3, 0.4) is 0 Å². The van der Waals surface area contributed by atoms with Gasteiger partial charge in [-0.2, -0.15) is 0 Å². The molecule has 1 rings (SSSR count). The molecule has 0 aliphatic heterocycles. The number of halogens is 2. The molecule has 0 unspecified atom stereocenters. The number of benzene rings is 1. The quantitative estimate of drug-likeness (QED) is 0.866. The molecule has 0 bridgehead atoms. The summed E-state index contributed by atoms with van der Waals surface area (Å²) in [5, 5.41) is 1.33. The summed E-state index contributed by atoms with van der Waals surface area (Å²) in [5.74, 6) is 0. The number of hydrogen-bond donors (Lipinski definition) is 1. The molecule has 4 heteroatoms. The molecule has 2 N–H and O–H groups in total. The minimum Gasteiger partial charge on any atom is -0.369 e. The SMILES string of the molecule is CCN(CCN)c1ccc(Cl)cc1Cl. The van der Waals surface area contributed by atoms with Gasteiger partial charge in [-0.15, -0.1) is 0 Å². The van der Waals surface area contributed by atoms with Gasteiger partial charge in [-0.1, -0.05) is 23.2 Å². The Kier molecular flexibility index (Phi) is 4.52. The van der Waals surface area contributed by atoms with E-state index in [1.807, 2.05) is 12.1 Å². The second-order valence-electron chi connectivity index (χ2n) is 2.96. The third-order valence-corrected chi connectivity index (χ3v) is 2.57. The van der Waals surface area contributed by atoms with Crippen molar-refractivity contribution in [2.75, 3.05) is 24.5 Å². The molecule has 0 heterocycles. The summed E-state index contributed by atoms with van der Waals surface area (Å²) in [6, 6.07) is 5.50. The lowest BCUT2D eigenvalue weighted by Crippen LogP contribution is -2.29. The summed E-state index contributed by atoms with van der Waals surface area (Å²) >= 11 is 11.9. The van der Waals surface area contributed by atoms with Crippen LogP contribution in [-0.2, 0) is 0 Å². The van der Waals surface area contributed by atoms with E-state index >= 15 is 0 Å². The largest absolute Gasteiger partial charge is 0.369 e. The van der Waals surface area contributed by atoms with Crippen LogP contribution in [0.25, 0.3) is 0 Å². The van der Waals surface area contributed by atoms with Crippen LogP contribution in [-0.4, -0.2) is 19.6 Å². The zero-order valence-electron chi connectivity index (χ0n) is 8.13. The molecule has 0 atom stereocenters. The van der Waals surface area contributed by atoms with E-state index in [1.165, 1.54) is 0 Å². The van der Waals surface area contributed by atoms with Crippen LogP contribution in [0.5, 0.6) is 0 Å². The summed E-state index contributed by atoms with van der Waals surface area (Å²) in [6.07, 6.45) is 0. The topological polar surface area (TPSA) is 29.3 Å². The van der Waals surface area contributed by atoms with E-state index in [1.54, 1.807) is 6.07 Å². The minimum absolute atomic E-state index is 0.618. The molecule has 2 nitrogen and oxygen atoms in total. The van der Waals surface area contributed by atoms with Crippen LogP contribution in [0, 0.1) is 0 Å². The normalized spacial score (nSPS) is 10.3. The molecule has 0 aliphatic carbocycles. The molecule has 1 aromatic carbocycles. The maximum Gasteiger partial charge on any atom is 0.0654 e. The van der Waals surface area contributed by atoms with Crippen molar-refractivity contribution in [2.24, 2.45) is 5.73 Å². The summed E-state index contributed by atoms with van der Waals surface area (Å²) in [4.78, 5) is 2.12. The Balaban J connectivity index is 2.92. The number of nitrogens with two attached hydrogens (primary N) is 1. The van der Waals surface area contributed by atoms with Gasteiger partial charge >= 0.3 is 0 Å². The Morgan fingerprint density at radius 3 is 2.57 bits per heavy atom. The van der Waals surface area contributed by atoms with Gasteiger partial charge in [-0.3, -0.25) is 0 Å². The molecule has 0 saturated carbocycles. The summed E-state index contributed by atoms with van der Waals surface area (Å²) in [6.45, 7) is 4.38. The van der Waals surface area contributed by atoms with E-state index in [2.05, 4.69) is 11.8 Å². The van der Waals surface area contributed by atoms with Crippen LogP contribution in [0.15, 0.2) is 18.2 Å². The lowest BCUT2D eigenvalue weighted by atomic mass is 10.3. The van der Waals surface area contributed by atoms with Gasteiger partial charge < -0.3 is 10.6 Å². The highest BCUT2D eigenvalue weighted by molar-refractivity contribution is 6.36. The third-order valence-electron chi connectivity index (χ3n) is 2.03. The summed E-state index contributed by atoms with van der Waals surface area (Å²) < 4.78 is 0. The molecular formula is C10H14Cl2N2. The highest BCUT2D eigenvalue weighted by Gasteiger charge is 2.07. The number of rotatable bonds is 4. The monoisotopic (exact) mass is 232 g/mol. The van der Waals surface area contributed by atoms with Crippen molar-refractivity contribution in [2.45, 2.75) is 6.92 Å². The van der Waals surface area contributed by atoms with Crippen molar-refractivity contribution in [3.05, 3.63) is 28.2 Å². The average Bonchev–Trinajstić information content (AvgIpc) is 2.15. The van der Waals surface area contributed by atoms with E-state index in [4.69, 9.17) is 28.9 Å². The molecular weight excluding hydrogens is 219 g/mol. The van der Waals surface area contributed by atoms with E-state index in [0.717, 1.165) is 18.8 Å². The van der Waals surface area contributed by atoms with Crippen LogP contribution in [0.4, 0.5) is 5.69 Å². The highest BCUT2D eigenvalue weighted by atomic mass is 35.5. The Morgan fingerprint density at radius 1 is 1.36 bits per heavy atom. The lowest BCUT2D eigenvalue weighted by Gasteiger charge is -2.23. The highest BCUT2D eigenvalue weighted by Crippen LogP contribution is 2.28. The van der Waals surface area contributed by atoms with Gasteiger partial charge in [-0.25, -0.2) is 0 Å². The van der Waals surface area contributed by atoms with Crippen molar-refractivity contribution < 1.29 is 0 Å². The van der Waals surface area contributed by atoms with Gasteiger partial charge in [0.15, 0.2) is 0 Å². The molecule has 0 amide bonds. The maximum atomic E-state index is 6.07. The molecule has 14 heavy (non-hydrogen) atoms. The fourth-order valence-electron chi connectivity index (χ4n) is 1.34. The van der Waals surface area contributed by atoms with Crippen LogP contribution < -0.4 is 10.6 Å². The standard InChI is InChI=1S/C10H14Cl2N2/c1-2-14(6-5-13)10-4-3-8(11)7-9(10)12/h3-4,7H,2,5-6,13H2,1H3. The number of hydrogen-bond acceptors (Lipinski definition) is 2. The Hall–Kier alpha value is -0.440. The first-order valence-electron chi connectivity index (χ1n) is 4.59. The van der Waals surface area contributed by atoms with Crippen LogP contribution in [0.1, 0.15) is 6.92 Å². The van der Waals surface area contributed by atoms with Crippen molar-refractivity contribution in [1.82, 2.24) is 0 Å². The first kappa shape index (κ1) is 11.6. The van der Waals surface area contributed by atoms with E-state index in [9.17, 15) is 0 Å². The van der Waals surface area contributed by atoms with Crippen molar-refractivity contribution in [3.8, 4) is 0 Å². The first-order chi connectivity index (χ1) is 6.69. The lowest BCUT2D eigenvalue weighted by molar-refractivity contribution is 0.817. The number of nitrogens with zero attached hydrogens (tertiary/aromatic N) is 1. The molecule has 0 aliphatic rings. The molecule has 0 saturated heterocycles. The van der Waals surface area contributed by atoms with Crippen molar-refractivity contribution in [1.29, 1.82) is 0 Å². The number of likely N-dealkylation sites (N-methyl/N-ethyl adjacent to an activating group) is 1. The van der Waals surface area contributed by atoms with E-state index < -0.39 is 0 Å². The van der Waals surface area contributed by atoms with Gasteiger partial charge in [0, 0.05) is 24.7 Å². The fourth-order valence-corrected chi connectivity index (χ4v) is 1.87. The second-order valence-corrected chi connectivity index (χ2v) is 3.81. The van der Waals surface area contributed by atoms with Gasteiger partial charge in [-0.05, 0) is 25.1 Å². The third kappa shape index (κ3) is 2.77. The smallest absolute Gasteiger partial charge is 0.0654 e.